The number of ether oxygens (including phenoxy) is 1. The van der Waals surface area contributed by atoms with Crippen molar-refractivity contribution in [2.24, 2.45) is 0 Å². The third-order valence-corrected chi connectivity index (χ3v) is 15.0. The Morgan fingerprint density at radius 1 is 0.880 bits per heavy atom. The van der Waals surface area contributed by atoms with Crippen LogP contribution in [0.5, 0.6) is 0 Å². The molecule has 0 amide bonds. The standard InChI is InChI=1S/C25H25Cl2N2O13P3S.4Na/c26-25(27,43(33,34)35)44(36,37)42-45(38,39)40-12-18-20(30)21(31)23(41-18)29-11-17(22(46)28-24(29)32)19-15-7-3-1-5-13(15)9-10-14-6-2-4-8-16(14)19;;;;/h1-11,18-21,23,30-31H,12H2,(H,36,37)(H,38,39)(H,28,32,46)(H2,33,34,35);;;;/q;4*+1/p-4/t18-,20-,21-,23-;;;;/m1..../s1. The topological polar surface area (TPSA) is 249 Å². The first-order valence-corrected chi connectivity index (χ1v) is 18.7. The quantitative estimate of drug-likeness (QED) is 0.0613. The van der Waals surface area contributed by atoms with Gasteiger partial charge in [0.05, 0.1) is 6.61 Å². The number of hydrogen-bond donors (Lipinski definition) is 3. The van der Waals surface area contributed by atoms with Gasteiger partial charge in [-0.15, -0.1) is 0 Å². The number of H-pyrrole nitrogens is 1. The molecule has 0 radical (unpaired) electrons. The van der Waals surface area contributed by atoms with E-state index in [1.807, 2.05) is 60.7 Å². The number of hydrogen-bond acceptors (Lipinski definition) is 14. The second kappa shape index (κ2) is 19.6. The summed E-state index contributed by atoms with van der Waals surface area (Å²) < 4.78 is 45.8. The van der Waals surface area contributed by atoms with Gasteiger partial charge in [0.2, 0.25) is 3.82 Å². The summed E-state index contributed by atoms with van der Waals surface area (Å²) in [6.07, 6.45) is -1.91. The fourth-order valence-corrected chi connectivity index (χ4v) is 9.35. The van der Waals surface area contributed by atoms with E-state index < -0.39 is 69.6 Å². The van der Waals surface area contributed by atoms with Crippen molar-refractivity contribution in [3.05, 3.63) is 97.7 Å². The number of nitrogens with one attached hydrogen (secondary N) is 1. The van der Waals surface area contributed by atoms with Crippen LogP contribution >= 0.6 is 58.4 Å². The number of halogens is 2. The largest absolute Gasteiger partial charge is 1.00 e. The second-order valence-electron chi connectivity index (χ2n) is 10.2. The smallest absolute Gasteiger partial charge is 0.808 e. The maximum atomic E-state index is 13.1. The zero-order valence-electron chi connectivity index (χ0n) is 26.8. The van der Waals surface area contributed by atoms with Gasteiger partial charge in [-0.05, 0) is 29.8 Å². The van der Waals surface area contributed by atoms with Crippen LogP contribution in [0.2, 0.25) is 0 Å². The van der Waals surface area contributed by atoms with Crippen LogP contribution in [0.25, 0.3) is 12.2 Å². The Bertz CT molecular complexity index is 1940. The zero-order valence-corrected chi connectivity index (χ0v) is 39.8. The molecule has 0 bridgehead atoms. The molecule has 1 aliphatic heterocycles. The van der Waals surface area contributed by atoms with E-state index in [-0.39, 0.29) is 123 Å². The molecule has 3 N–H and O–H groups in total. The van der Waals surface area contributed by atoms with Crippen LogP contribution < -0.4 is 143 Å². The van der Waals surface area contributed by atoms with Crippen molar-refractivity contribution in [2.45, 2.75) is 34.3 Å². The predicted octanol–water partition coefficient (Wildman–Crippen LogP) is -10.7. The molecular formula is C25H21Cl2N2Na4O13P3S. The third kappa shape index (κ3) is 10.6. The molecule has 25 heteroatoms. The number of aromatic amines is 1. The van der Waals surface area contributed by atoms with Crippen molar-refractivity contribution in [3.63, 3.8) is 0 Å². The number of aromatic nitrogens is 2. The van der Waals surface area contributed by atoms with Crippen molar-refractivity contribution in [3.8, 4) is 0 Å². The number of phosphoric acid groups is 1. The Morgan fingerprint density at radius 3 is 1.88 bits per heavy atom. The summed E-state index contributed by atoms with van der Waals surface area (Å²) in [5.41, 5.74) is 3.01. The number of aliphatic hydroxyl groups excluding tert-OH is 2. The van der Waals surface area contributed by atoms with Gasteiger partial charge in [0.25, 0.3) is 7.82 Å². The van der Waals surface area contributed by atoms with Crippen molar-refractivity contribution in [1.82, 2.24) is 9.55 Å². The Morgan fingerprint density at radius 2 is 1.38 bits per heavy atom. The van der Waals surface area contributed by atoms with E-state index in [0.29, 0.717) is 5.56 Å². The van der Waals surface area contributed by atoms with Crippen molar-refractivity contribution >= 4 is 70.6 Å². The summed E-state index contributed by atoms with van der Waals surface area (Å²) in [6, 6.07) is 15.0. The van der Waals surface area contributed by atoms with Crippen LogP contribution in [0.1, 0.15) is 40.0 Å². The SMILES string of the molecule is O=c1[nH]c(=S)c(C2c3ccccc3C=Cc3ccccc32)cn1[C@@H]1O[C@H](COP(=O)([O-])OP(=O)([O-])C(Cl)(Cl)P(=O)([O-])[O-])[C@@H](O)[C@H]1O.[Na+].[Na+].[Na+].[Na+]. The minimum Gasteiger partial charge on any atom is -0.808 e. The van der Waals surface area contributed by atoms with Crippen LogP contribution in [0, 0.1) is 4.64 Å². The van der Waals surface area contributed by atoms with Gasteiger partial charge in [0.1, 0.15) is 23.0 Å². The van der Waals surface area contributed by atoms with Gasteiger partial charge in [0.15, 0.2) is 13.8 Å². The van der Waals surface area contributed by atoms with Crippen LogP contribution in [0.3, 0.4) is 0 Å². The van der Waals surface area contributed by atoms with E-state index in [1.165, 1.54) is 6.20 Å². The number of rotatable bonds is 9. The minimum absolute atomic E-state index is 0. The molecule has 6 atom stereocenters. The molecule has 1 aromatic heterocycles. The first-order chi connectivity index (χ1) is 21.3. The molecule has 1 aliphatic carbocycles. The van der Waals surface area contributed by atoms with Gasteiger partial charge >= 0.3 is 124 Å². The first kappa shape index (κ1) is 50.2. The normalized spacial score (nSPS) is 22.5. The number of phosphoric ester groups is 1. The van der Waals surface area contributed by atoms with E-state index >= 15 is 0 Å². The van der Waals surface area contributed by atoms with E-state index in [0.717, 1.165) is 26.8 Å². The molecule has 2 heterocycles. The molecule has 3 aromatic rings. The summed E-state index contributed by atoms with van der Waals surface area (Å²) in [5, 5.41) is 21.4. The van der Waals surface area contributed by atoms with Gasteiger partial charge in [-0.25, -0.2) is 4.79 Å². The Hall–Kier alpha value is 2.19. The summed E-state index contributed by atoms with van der Waals surface area (Å²) in [6.45, 7) is -1.21. The van der Waals surface area contributed by atoms with E-state index in [1.54, 1.807) is 0 Å². The number of nitrogens with zero attached hydrogens (tertiary/aromatic N) is 1. The van der Waals surface area contributed by atoms with Gasteiger partial charge in [-0.1, -0.05) is 96.1 Å². The van der Waals surface area contributed by atoms with Crippen LogP contribution in [-0.2, 0) is 27.3 Å². The fraction of sp³-hybridized carbons (Fsp3) is 0.280. The molecule has 0 spiro atoms. The molecule has 2 aromatic carbocycles. The molecule has 15 nitrogen and oxygen atoms in total. The maximum Gasteiger partial charge on any atom is 1.00 e. The number of aliphatic hydroxyl groups is 2. The molecule has 50 heavy (non-hydrogen) atoms. The molecule has 248 valence electrons. The monoisotopic (exact) mass is 844 g/mol. The van der Waals surface area contributed by atoms with Gasteiger partial charge < -0.3 is 48.2 Å². The van der Waals surface area contributed by atoms with Crippen LogP contribution in [0.4, 0.5) is 0 Å². The summed E-state index contributed by atoms with van der Waals surface area (Å²) in [7, 11) is -18.8. The number of fused-ring (bicyclic) bond motifs is 2. The Kier molecular flexibility index (Phi) is 19.6. The average molecular weight is 845 g/mol. The Balaban J connectivity index is 0.00000312. The molecule has 5 rings (SSSR count). The number of benzene rings is 2. The molecule has 1 fully saturated rings. The summed E-state index contributed by atoms with van der Waals surface area (Å²) in [4.78, 5) is 62.0. The van der Waals surface area contributed by atoms with Gasteiger partial charge in [0, 0.05) is 17.7 Å². The average Bonchev–Trinajstić information content (AvgIpc) is 3.14. The van der Waals surface area contributed by atoms with E-state index in [2.05, 4.69) is 13.8 Å². The maximum absolute atomic E-state index is 13.1. The second-order valence-corrected chi connectivity index (χ2v) is 18.4. The van der Waals surface area contributed by atoms with Crippen LogP contribution in [0.15, 0.2) is 59.5 Å². The summed E-state index contributed by atoms with van der Waals surface area (Å²) in [5.74, 6) is -0.513. The molecule has 2 unspecified atom stereocenters. The predicted molar refractivity (Wildman–Crippen MR) is 159 cm³/mol. The molecule has 0 saturated carbocycles. The third-order valence-electron chi connectivity index (χ3n) is 7.24. The Labute approximate surface area is 388 Å². The van der Waals surface area contributed by atoms with Gasteiger partial charge in [-0.2, -0.15) is 0 Å². The summed E-state index contributed by atoms with van der Waals surface area (Å²) >= 11 is 15.6. The number of alkyl halides is 2. The van der Waals surface area contributed by atoms with Crippen molar-refractivity contribution in [2.75, 3.05) is 6.61 Å². The first-order valence-electron chi connectivity index (χ1n) is 13.0. The fourth-order valence-electron chi connectivity index (χ4n) is 5.04. The van der Waals surface area contributed by atoms with Crippen molar-refractivity contribution < 1.29 is 175 Å². The van der Waals surface area contributed by atoms with E-state index in [9.17, 15) is 48.3 Å². The van der Waals surface area contributed by atoms with Crippen molar-refractivity contribution in [1.29, 1.82) is 0 Å². The molecule has 1 saturated heterocycles. The van der Waals surface area contributed by atoms with Gasteiger partial charge in [-0.3, -0.25) is 18.4 Å². The molecular weight excluding hydrogens is 824 g/mol. The van der Waals surface area contributed by atoms with E-state index in [4.69, 9.17) is 40.2 Å². The minimum atomic E-state index is -6.39. The molecule has 2 aliphatic rings. The van der Waals surface area contributed by atoms with Crippen LogP contribution in [-0.4, -0.2) is 48.5 Å². The zero-order chi connectivity index (χ0) is 33.8.